The van der Waals surface area contributed by atoms with E-state index in [2.05, 4.69) is 19.3 Å². The van der Waals surface area contributed by atoms with E-state index in [1.807, 2.05) is 42.5 Å². The third kappa shape index (κ3) is 2.51. The number of aromatic nitrogens is 4. The molecule has 0 atom stereocenters. The molecule has 1 aromatic carbocycles. The van der Waals surface area contributed by atoms with Gasteiger partial charge in [-0.25, -0.2) is 14.4 Å². The van der Waals surface area contributed by atoms with Gasteiger partial charge < -0.3 is 5.73 Å². The number of pyridine rings is 3. The van der Waals surface area contributed by atoms with Crippen LogP contribution in [0.25, 0.3) is 43.6 Å². The van der Waals surface area contributed by atoms with Crippen LogP contribution in [-0.4, -0.2) is 19.3 Å². The molecule has 27 heavy (non-hydrogen) atoms. The molecule has 7 heteroatoms. The fraction of sp³-hybridized carbons (Fsp3) is 0. The zero-order valence-corrected chi connectivity index (χ0v) is 14.7. The molecule has 0 aliphatic carbocycles. The maximum Gasteiger partial charge on any atom is 0.158 e. The Morgan fingerprint density at radius 2 is 1.78 bits per heavy atom. The van der Waals surface area contributed by atoms with E-state index in [-0.39, 0.29) is 5.52 Å². The molecule has 4 heterocycles. The molecule has 0 spiro atoms. The molecule has 0 bridgehead atoms. The number of nitrogens with two attached hydrogens (primary N) is 1. The van der Waals surface area contributed by atoms with Crippen LogP contribution in [-0.2, 0) is 0 Å². The van der Waals surface area contributed by atoms with Gasteiger partial charge in [0.25, 0.3) is 0 Å². The highest BCUT2D eigenvalue weighted by molar-refractivity contribution is 7.13. The summed E-state index contributed by atoms with van der Waals surface area (Å²) in [5.41, 5.74) is 8.44. The van der Waals surface area contributed by atoms with Gasteiger partial charge in [-0.1, -0.05) is 18.2 Å². The first-order chi connectivity index (χ1) is 13.2. The van der Waals surface area contributed by atoms with Crippen molar-refractivity contribution in [1.82, 2.24) is 19.3 Å². The molecule has 0 fully saturated rings. The monoisotopic (exact) mass is 373 g/mol. The van der Waals surface area contributed by atoms with Crippen molar-refractivity contribution >= 4 is 38.3 Å². The number of rotatable bonds is 2. The second kappa shape index (κ2) is 6.07. The Bertz CT molecular complexity index is 1300. The Kier molecular flexibility index (Phi) is 3.54. The van der Waals surface area contributed by atoms with Crippen molar-refractivity contribution in [3.63, 3.8) is 0 Å². The number of nitrogens with zero attached hydrogens (tertiary/aromatic N) is 4. The Morgan fingerprint density at radius 1 is 0.889 bits per heavy atom. The molecule has 0 radical (unpaired) electrons. The van der Waals surface area contributed by atoms with Crippen LogP contribution in [0.2, 0.25) is 0 Å². The average molecular weight is 373 g/mol. The van der Waals surface area contributed by atoms with Gasteiger partial charge in [0.15, 0.2) is 5.82 Å². The first-order valence-electron chi connectivity index (χ1n) is 8.23. The first-order valence-corrected chi connectivity index (χ1v) is 9.00. The van der Waals surface area contributed by atoms with Crippen molar-refractivity contribution in [3.05, 3.63) is 66.7 Å². The van der Waals surface area contributed by atoms with Gasteiger partial charge in [0.05, 0.1) is 27.2 Å². The lowest BCUT2D eigenvalue weighted by molar-refractivity contribution is 0.640. The van der Waals surface area contributed by atoms with Crippen LogP contribution in [0.15, 0.2) is 60.9 Å². The van der Waals surface area contributed by atoms with Crippen LogP contribution in [0.3, 0.4) is 0 Å². The minimum absolute atomic E-state index is 0.277. The summed E-state index contributed by atoms with van der Waals surface area (Å²) in [5.74, 6) is -0.0910. The standard InChI is InChI=1S/C20H12FN5S/c21-17-12(19-16-15(27-26-19)8-10-24-20(16)22)6-4-11-5-7-14(25-18(11)17)13-3-1-2-9-23-13/h1-10H,(H2,22,24). The minimum Gasteiger partial charge on any atom is -0.383 e. The van der Waals surface area contributed by atoms with Crippen molar-refractivity contribution < 1.29 is 4.39 Å². The second-order valence-corrected chi connectivity index (χ2v) is 6.82. The summed E-state index contributed by atoms with van der Waals surface area (Å²) in [6.45, 7) is 0. The van der Waals surface area contributed by atoms with Crippen molar-refractivity contribution in [3.8, 4) is 22.6 Å². The highest BCUT2D eigenvalue weighted by Gasteiger charge is 2.18. The molecule has 5 nitrogen and oxygen atoms in total. The lowest BCUT2D eigenvalue weighted by Gasteiger charge is -2.07. The molecule has 130 valence electrons. The molecule has 5 rings (SSSR count). The number of benzene rings is 1. The summed E-state index contributed by atoms with van der Waals surface area (Å²) in [4.78, 5) is 12.9. The predicted molar refractivity (Wildman–Crippen MR) is 106 cm³/mol. The Labute approximate surface area is 157 Å². The molecular weight excluding hydrogens is 361 g/mol. The van der Waals surface area contributed by atoms with E-state index in [1.54, 1.807) is 18.5 Å². The van der Waals surface area contributed by atoms with Crippen LogP contribution in [0.4, 0.5) is 10.2 Å². The quantitative estimate of drug-likeness (QED) is 0.486. The van der Waals surface area contributed by atoms with Crippen molar-refractivity contribution in [2.24, 2.45) is 0 Å². The highest BCUT2D eigenvalue weighted by atomic mass is 32.1. The number of hydrogen-bond donors (Lipinski definition) is 1. The lowest BCUT2D eigenvalue weighted by Crippen LogP contribution is -1.95. The normalized spacial score (nSPS) is 11.3. The molecule has 0 saturated carbocycles. The van der Waals surface area contributed by atoms with Gasteiger partial charge in [-0.3, -0.25) is 4.98 Å². The number of anilines is 1. The van der Waals surface area contributed by atoms with Crippen molar-refractivity contribution in [2.45, 2.75) is 0 Å². The van der Waals surface area contributed by atoms with E-state index >= 15 is 4.39 Å². The van der Waals surface area contributed by atoms with Gasteiger partial charge in [-0.15, -0.1) is 0 Å². The third-order valence-corrected chi connectivity index (χ3v) is 5.21. The van der Waals surface area contributed by atoms with E-state index in [1.165, 1.54) is 11.5 Å². The topological polar surface area (TPSA) is 77.6 Å². The van der Waals surface area contributed by atoms with Gasteiger partial charge in [0, 0.05) is 23.3 Å². The summed E-state index contributed by atoms with van der Waals surface area (Å²) >= 11 is 1.27. The summed E-state index contributed by atoms with van der Waals surface area (Å²) in [5, 5.41) is 1.38. The third-order valence-electron chi connectivity index (χ3n) is 4.40. The van der Waals surface area contributed by atoms with E-state index < -0.39 is 5.82 Å². The Hall–Kier alpha value is -3.45. The van der Waals surface area contributed by atoms with E-state index in [4.69, 9.17) is 5.73 Å². The number of fused-ring (bicyclic) bond motifs is 2. The zero-order valence-electron chi connectivity index (χ0n) is 13.9. The van der Waals surface area contributed by atoms with Crippen molar-refractivity contribution in [1.29, 1.82) is 0 Å². The SMILES string of the molecule is Nc1nccc2snc(-c3ccc4ccc(-c5ccccn5)nc4c3F)c12. The number of nitrogen functional groups attached to an aromatic ring is 1. The molecule has 2 N–H and O–H groups in total. The van der Waals surface area contributed by atoms with E-state index in [0.29, 0.717) is 39.2 Å². The summed E-state index contributed by atoms with van der Waals surface area (Å²) < 4.78 is 20.7. The van der Waals surface area contributed by atoms with Crippen LogP contribution < -0.4 is 5.73 Å². The zero-order chi connectivity index (χ0) is 18.4. The van der Waals surface area contributed by atoms with Crippen LogP contribution in [0, 0.1) is 5.82 Å². The molecule has 0 aliphatic rings. The summed E-state index contributed by atoms with van der Waals surface area (Å²) in [7, 11) is 0. The molecule has 0 saturated heterocycles. The van der Waals surface area contributed by atoms with E-state index in [0.717, 1.165) is 4.70 Å². The van der Waals surface area contributed by atoms with Crippen LogP contribution in [0.1, 0.15) is 0 Å². The number of hydrogen-bond acceptors (Lipinski definition) is 6. The Morgan fingerprint density at radius 3 is 2.63 bits per heavy atom. The minimum atomic E-state index is -0.430. The van der Waals surface area contributed by atoms with Gasteiger partial charge in [0.1, 0.15) is 11.3 Å². The largest absolute Gasteiger partial charge is 0.383 e. The fourth-order valence-corrected chi connectivity index (χ4v) is 3.89. The predicted octanol–water partition coefficient (Wildman–Crippen LogP) is 4.69. The molecule has 0 aliphatic heterocycles. The second-order valence-electron chi connectivity index (χ2n) is 6.01. The first kappa shape index (κ1) is 15.8. The Balaban J connectivity index is 1.75. The van der Waals surface area contributed by atoms with Crippen LogP contribution >= 0.6 is 11.5 Å². The van der Waals surface area contributed by atoms with E-state index in [9.17, 15) is 0 Å². The molecule has 4 aromatic heterocycles. The maximum absolute atomic E-state index is 15.4. The smallest absolute Gasteiger partial charge is 0.158 e. The lowest BCUT2D eigenvalue weighted by atomic mass is 10.0. The van der Waals surface area contributed by atoms with Gasteiger partial charge >= 0.3 is 0 Å². The maximum atomic E-state index is 15.4. The molecular formula is C20H12FN5S. The van der Waals surface area contributed by atoms with Crippen LogP contribution in [0.5, 0.6) is 0 Å². The molecule has 5 aromatic rings. The van der Waals surface area contributed by atoms with Gasteiger partial charge in [-0.05, 0) is 41.9 Å². The summed E-state index contributed by atoms with van der Waals surface area (Å²) in [6.07, 6.45) is 3.31. The highest BCUT2D eigenvalue weighted by Crippen LogP contribution is 2.36. The van der Waals surface area contributed by atoms with Gasteiger partial charge in [0.2, 0.25) is 0 Å². The average Bonchev–Trinajstić information content (AvgIpc) is 3.14. The molecule has 0 amide bonds. The van der Waals surface area contributed by atoms with Gasteiger partial charge in [-0.2, -0.15) is 4.37 Å². The number of halogens is 1. The fourth-order valence-electron chi connectivity index (χ4n) is 3.09. The van der Waals surface area contributed by atoms with Crippen molar-refractivity contribution in [2.75, 3.05) is 5.73 Å². The molecule has 0 unspecified atom stereocenters. The summed E-state index contributed by atoms with van der Waals surface area (Å²) in [6, 6.07) is 14.6.